The summed E-state index contributed by atoms with van der Waals surface area (Å²) in [5.74, 6) is -1.23. The van der Waals surface area contributed by atoms with E-state index in [1.807, 2.05) is 0 Å². The first-order chi connectivity index (χ1) is 19.0. The second kappa shape index (κ2) is 13.8. The third-order valence-corrected chi connectivity index (χ3v) is 8.63. The SMILES string of the molecule is CCOc1ccc(S(=O)(=O)N(CC(=O)N(Cc2c(Cl)cccc2Cl)[C@H](CC)C(=O)NC)c2ccc(F)cc2)cc1. The van der Waals surface area contributed by atoms with Gasteiger partial charge >= 0.3 is 0 Å². The van der Waals surface area contributed by atoms with Crippen LogP contribution in [0.15, 0.2) is 71.6 Å². The van der Waals surface area contributed by atoms with Gasteiger partial charge in [0.25, 0.3) is 10.0 Å². The number of nitrogens with one attached hydrogen (secondary N) is 1. The van der Waals surface area contributed by atoms with Gasteiger partial charge in [-0.25, -0.2) is 12.8 Å². The van der Waals surface area contributed by atoms with Crippen molar-refractivity contribution in [1.82, 2.24) is 10.2 Å². The van der Waals surface area contributed by atoms with Gasteiger partial charge in [0.1, 0.15) is 24.2 Å². The predicted octanol–water partition coefficient (Wildman–Crippen LogP) is 5.28. The lowest BCUT2D eigenvalue weighted by atomic mass is 10.1. The smallest absolute Gasteiger partial charge is 0.264 e. The molecule has 40 heavy (non-hydrogen) atoms. The molecule has 0 aliphatic rings. The number of anilines is 1. The van der Waals surface area contributed by atoms with Crippen LogP contribution in [0.25, 0.3) is 0 Å². The van der Waals surface area contributed by atoms with Gasteiger partial charge in [-0.3, -0.25) is 13.9 Å². The van der Waals surface area contributed by atoms with Gasteiger partial charge in [0.05, 0.1) is 17.2 Å². The van der Waals surface area contributed by atoms with E-state index in [4.69, 9.17) is 27.9 Å². The fourth-order valence-electron chi connectivity index (χ4n) is 4.08. The molecule has 3 aromatic carbocycles. The van der Waals surface area contributed by atoms with Crippen molar-refractivity contribution < 1.29 is 27.1 Å². The van der Waals surface area contributed by atoms with Crippen molar-refractivity contribution in [2.24, 2.45) is 0 Å². The number of rotatable bonds is 12. The largest absolute Gasteiger partial charge is 0.494 e. The molecule has 0 aliphatic heterocycles. The number of halogens is 3. The summed E-state index contributed by atoms with van der Waals surface area (Å²) >= 11 is 12.7. The standard InChI is InChI=1S/C28H30Cl2FN3O5S/c1-4-26(28(36)32-3)33(17-23-24(29)7-6-8-25(23)30)27(35)18-34(20-11-9-19(31)10-12-20)40(37,38)22-15-13-21(14-16-22)39-5-2/h6-16,26H,4-5,17-18H2,1-3H3,(H,32,36)/t26-/m1/s1. The monoisotopic (exact) mass is 609 g/mol. The first-order valence-corrected chi connectivity index (χ1v) is 14.7. The first kappa shape index (κ1) is 31.2. The Balaban J connectivity index is 2.08. The molecule has 0 saturated heterocycles. The highest BCUT2D eigenvalue weighted by Gasteiger charge is 2.34. The van der Waals surface area contributed by atoms with E-state index in [9.17, 15) is 22.4 Å². The van der Waals surface area contributed by atoms with E-state index in [1.54, 1.807) is 32.0 Å². The van der Waals surface area contributed by atoms with E-state index in [2.05, 4.69) is 5.32 Å². The predicted molar refractivity (Wildman–Crippen MR) is 154 cm³/mol. The number of carbonyl (C=O) groups is 2. The number of likely N-dealkylation sites (N-methyl/N-ethyl adjacent to an activating group) is 1. The van der Waals surface area contributed by atoms with E-state index in [0.717, 1.165) is 16.4 Å². The fraction of sp³-hybridized carbons (Fsp3) is 0.286. The van der Waals surface area contributed by atoms with Crippen LogP contribution in [0.1, 0.15) is 25.8 Å². The van der Waals surface area contributed by atoms with E-state index in [1.165, 1.54) is 48.3 Å². The van der Waals surface area contributed by atoms with Crippen molar-refractivity contribution in [3.63, 3.8) is 0 Å². The molecule has 3 aromatic rings. The van der Waals surface area contributed by atoms with E-state index in [-0.39, 0.29) is 33.6 Å². The van der Waals surface area contributed by atoms with Gasteiger partial charge in [-0.2, -0.15) is 0 Å². The average molecular weight is 611 g/mol. The minimum absolute atomic E-state index is 0.0624. The van der Waals surface area contributed by atoms with E-state index < -0.39 is 40.2 Å². The second-order valence-corrected chi connectivity index (χ2v) is 11.3. The Bertz CT molecular complexity index is 1420. The van der Waals surface area contributed by atoms with Crippen LogP contribution >= 0.6 is 23.2 Å². The summed E-state index contributed by atoms with van der Waals surface area (Å²) in [5.41, 5.74) is 0.469. The van der Waals surface area contributed by atoms with Crippen LogP contribution in [-0.4, -0.2) is 51.4 Å². The lowest BCUT2D eigenvalue weighted by molar-refractivity contribution is -0.140. The molecular formula is C28H30Cl2FN3O5S. The summed E-state index contributed by atoms with van der Waals surface area (Å²) in [6, 6.07) is 14.4. The van der Waals surface area contributed by atoms with Gasteiger partial charge in [0, 0.05) is 29.2 Å². The van der Waals surface area contributed by atoms with E-state index in [0.29, 0.717) is 17.9 Å². The summed E-state index contributed by atoms with van der Waals surface area (Å²) in [4.78, 5) is 27.8. The van der Waals surface area contributed by atoms with Crippen molar-refractivity contribution >= 4 is 50.7 Å². The number of benzene rings is 3. The molecule has 0 saturated carbocycles. The molecule has 0 fully saturated rings. The van der Waals surface area contributed by atoms with Crippen LogP contribution in [0, 0.1) is 5.82 Å². The molecule has 0 unspecified atom stereocenters. The molecule has 1 atom stereocenters. The van der Waals surface area contributed by atoms with Crippen molar-refractivity contribution in [2.75, 3.05) is 24.5 Å². The lowest BCUT2D eigenvalue weighted by Crippen LogP contribution is -2.51. The maximum Gasteiger partial charge on any atom is 0.264 e. The molecule has 0 bridgehead atoms. The lowest BCUT2D eigenvalue weighted by Gasteiger charge is -2.33. The van der Waals surface area contributed by atoms with Gasteiger partial charge in [-0.1, -0.05) is 36.2 Å². The molecule has 3 rings (SSSR count). The number of ether oxygens (including phenoxy) is 1. The van der Waals surface area contributed by atoms with Crippen molar-refractivity contribution in [1.29, 1.82) is 0 Å². The van der Waals surface area contributed by atoms with Crippen molar-refractivity contribution in [2.45, 2.75) is 37.8 Å². The maximum absolute atomic E-state index is 13.9. The third-order valence-electron chi connectivity index (χ3n) is 6.14. The number of nitrogens with zero attached hydrogens (tertiary/aromatic N) is 2. The van der Waals surface area contributed by atoms with Crippen LogP contribution in [0.5, 0.6) is 5.75 Å². The number of amides is 2. The van der Waals surface area contributed by atoms with Crippen LogP contribution < -0.4 is 14.4 Å². The highest BCUT2D eigenvalue weighted by molar-refractivity contribution is 7.92. The Kier molecular flexibility index (Phi) is 10.8. The number of hydrogen-bond acceptors (Lipinski definition) is 5. The van der Waals surface area contributed by atoms with Gasteiger partial charge in [0.15, 0.2) is 0 Å². The molecule has 2 amide bonds. The highest BCUT2D eigenvalue weighted by Crippen LogP contribution is 2.29. The summed E-state index contributed by atoms with van der Waals surface area (Å²) < 4.78 is 47.7. The third kappa shape index (κ3) is 7.24. The topological polar surface area (TPSA) is 96.0 Å². The number of sulfonamides is 1. The van der Waals surface area contributed by atoms with Crippen LogP contribution in [0.3, 0.4) is 0 Å². The molecule has 0 aliphatic carbocycles. The summed E-state index contributed by atoms with van der Waals surface area (Å²) in [6.07, 6.45) is 0.232. The summed E-state index contributed by atoms with van der Waals surface area (Å²) in [5, 5.41) is 3.12. The normalized spacial score (nSPS) is 11.9. The second-order valence-electron chi connectivity index (χ2n) is 8.65. The zero-order valence-corrected chi connectivity index (χ0v) is 24.6. The summed E-state index contributed by atoms with van der Waals surface area (Å²) in [7, 11) is -2.88. The molecule has 214 valence electrons. The Morgan fingerprint density at radius 1 is 0.975 bits per heavy atom. The minimum Gasteiger partial charge on any atom is -0.494 e. The Morgan fingerprint density at radius 3 is 2.10 bits per heavy atom. The van der Waals surface area contributed by atoms with Crippen LogP contribution in [0.2, 0.25) is 10.0 Å². The molecule has 0 radical (unpaired) electrons. The summed E-state index contributed by atoms with van der Waals surface area (Å²) in [6.45, 7) is 3.09. The average Bonchev–Trinajstić information content (AvgIpc) is 2.93. The maximum atomic E-state index is 13.9. The first-order valence-electron chi connectivity index (χ1n) is 12.5. The fourth-order valence-corrected chi connectivity index (χ4v) is 6.01. The Hall–Kier alpha value is -3.34. The van der Waals surface area contributed by atoms with Gasteiger partial charge in [-0.05, 0) is 74.0 Å². The van der Waals surface area contributed by atoms with Gasteiger partial charge < -0.3 is 15.0 Å². The van der Waals surface area contributed by atoms with Crippen molar-refractivity contribution in [3.8, 4) is 5.75 Å². The zero-order valence-electron chi connectivity index (χ0n) is 22.2. The van der Waals surface area contributed by atoms with Gasteiger partial charge in [0.2, 0.25) is 11.8 Å². The molecule has 1 N–H and O–H groups in total. The van der Waals surface area contributed by atoms with Crippen LogP contribution in [0.4, 0.5) is 10.1 Å². The van der Waals surface area contributed by atoms with Crippen molar-refractivity contribution in [3.05, 3.63) is 88.2 Å². The Morgan fingerprint density at radius 2 is 1.57 bits per heavy atom. The minimum atomic E-state index is -4.32. The quantitative estimate of drug-likeness (QED) is 0.301. The molecule has 0 heterocycles. The van der Waals surface area contributed by atoms with E-state index >= 15 is 0 Å². The van der Waals surface area contributed by atoms with Gasteiger partial charge in [-0.15, -0.1) is 0 Å². The highest BCUT2D eigenvalue weighted by atomic mass is 35.5. The zero-order chi connectivity index (χ0) is 29.4. The molecular weight excluding hydrogens is 580 g/mol. The molecule has 12 heteroatoms. The Labute approximate surface area is 243 Å². The number of hydrogen-bond donors (Lipinski definition) is 1. The van der Waals surface area contributed by atoms with Crippen LogP contribution in [-0.2, 0) is 26.2 Å². The number of carbonyl (C=O) groups excluding carboxylic acids is 2. The molecule has 0 aromatic heterocycles. The molecule has 0 spiro atoms. The molecule has 8 nitrogen and oxygen atoms in total.